The van der Waals surface area contributed by atoms with Crippen molar-refractivity contribution in [2.45, 2.75) is 32.5 Å². The van der Waals surface area contributed by atoms with Gasteiger partial charge in [0.05, 0.1) is 19.3 Å². The Morgan fingerprint density at radius 1 is 1.32 bits per heavy atom. The first-order valence-corrected chi connectivity index (χ1v) is 9.44. The van der Waals surface area contributed by atoms with Crippen LogP contribution in [-0.2, 0) is 16.1 Å². The average molecular weight is 386 g/mol. The van der Waals surface area contributed by atoms with Crippen LogP contribution in [0.5, 0.6) is 5.75 Å². The molecule has 1 fully saturated rings. The van der Waals surface area contributed by atoms with Gasteiger partial charge in [0.15, 0.2) is 6.61 Å². The molecule has 1 amide bonds. The maximum atomic E-state index is 12.2. The molecule has 0 aliphatic carbocycles. The molecule has 1 aliphatic rings. The summed E-state index contributed by atoms with van der Waals surface area (Å²) in [6.45, 7) is 6.11. The van der Waals surface area contributed by atoms with Crippen molar-refractivity contribution in [3.8, 4) is 5.75 Å². The first-order chi connectivity index (χ1) is 13.5. The molecule has 2 heterocycles. The zero-order chi connectivity index (χ0) is 19.9. The monoisotopic (exact) mass is 386 g/mol. The molecule has 1 aromatic carbocycles. The fourth-order valence-electron chi connectivity index (χ4n) is 3.07. The van der Waals surface area contributed by atoms with E-state index in [4.69, 9.17) is 13.9 Å². The smallest absolute Gasteiger partial charge is 0.258 e. The predicted molar refractivity (Wildman–Crippen MR) is 104 cm³/mol. The summed E-state index contributed by atoms with van der Waals surface area (Å²) >= 11 is 0. The Morgan fingerprint density at radius 3 is 2.82 bits per heavy atom. The van der Waals surface area contributed by atoms with Gasteiger partial charge < -0.3 is 19.2 Å². The van der Waals surface area contributed by atoms with Gasteiger partial charge in [0.1, 0.15) is 12.0 Å². The second-order valence-corrected chi connectivity index (χ2v) is 7.09. The zero-order valence-corrected chi connectivity index (χ0v) is 16.2. The standard InChI is InChI=1S/C21H26N2O5/c1-15(2)22-21(25)14-28-20-13-27-17(10-18(20)24)11-23-8-9-26-19(12-23)16-6-4-3-5-7-16/h3-7,10,13,15,19H,8-9,11-12,14H2,1-2H3,(H,22,25)/t19-/m1/s1. The molecule has 0 spiro atoms. The summed E-state index contributed by atoms with van der Waals surface area (Å²) < 4.78 is 16.7. The second-order valence-electron chi connectivity index (χ2n) is 7.09. The van der Waals surface area contributed by atoms with Crippen molar-refractivity contribution < 1.29 is 18.7 Å². The van der Waals surface area contributed by atoms with Crippen molar-refractivity contribution in [3.63, 3.8) is 0 Å². The third-order valence-electron chi connectivity index (χ3n) is 4.36. The van der Waals surface area contributed by atoms with Crippen LogP contribution in [0.25, 0.3) is 0 Å². The van der Waals surface area contributed by atoms with Crippen molar-refractivity contribution in [1.82, 2.24) is 10.2 Å². The minimum Gasteiger partial charge on any atom is -0.477 e. The second kappa shape index (κ2) is 9.52. The number of amides is 1. The van der Waals surface area contributed by atoms with Gasteiger partial charge in [-0.15, -0.1) is 0 Å². The van der Waals surface area contributed by atoms with Gasteiger partial charge in [-0.3, -0.25) is 14.5 Å². The molecule has 28 heavy (non-hydrogen) atoms. The fraction of sp³-hybridized carbons (Fsp3) is 0.429. The quantitative estimate of drug-likeness (QED) is 0.785. The lowest BCUT2D eigenvalue weighted by Crippen LogP contribution is -2.38. The minimum absolute atomic E-state index is 0.00347. The van der Waals surface area contributed by atoms with E-state index in [1.165, 1.54) is 12.3 Å². The Kier molecular flexibility index (Phi) is 6.84. The summed E-state index contributed by atoms with van der Waals surface area (Å²) in [4.78, 5) is 26.1. The van der Waals surface area contributed by atoms with E-state index in [1.54, 1.807) is 0 Å². The van der Waals surface area contributed by atoms with Crippen molar-refractivity contribution in [2.24, 2.45) is 0 Å². The number of rotatable bonds is 7. The Hall–Kier alpha value is -2.64. The van der Waals surface area contributed by atoms with Gasteiger partial charge in [-0.2, -0.15) is 0 Å². The molecule has 1 aliphatic heterocycles. The zero-order valence-electron chi connectivity index (χ0n) is 16.2. The highest BCUT2D eigenvalue weighted by molar-refractivity contribution is 5.77. The van der Waals surface area contributed by atoms with Crippen LogP contribution in [0.15, 0.2) is 51.9 Å². The number of hydrogen-bond donors (Lipinski definition) is 1. The van der Waals surface area contributed by atoms with E-state index in [0.717, 1.165) is 18.7 Å². The molecule has 1 saturated heterocycles. The lowest BCUT2D eigenvalue weighted by atomic mass is 10.1. The van der Waals surface area contributed by atoms with E-state index in [-0.39, 0.29) is 35.8 Å². The van der Waals surface area contributed by atoms with Gasteiger partial charge in [-0.05, 0) is 19.4 Å². The number of carbonyl (C=O) groups excluding carboxylic acids is 1. The molecule has 0 saturated carbocycles. The molecule has 2 aromatic rings. The summed E-state index contributed by atoms with van der Waals surface area (Å²) in [5.41, 5.74) is 0.837. The summed E-state index contributed by atoms with van der Waals surface area (Å²) in [5, 5.41) is 2.70. The van der Waals surface area contributed by atoms with Crippen molar-refractivity contribution >= 4 is 5.91 Å². The SMILES string of the molecule is CC(C)NC(=O)COc1coc(CN2CCO[C@@H](c3ccccc3)C2)cc1=O. The lowest BCUT2D eigenvalue weighted by Gasteiger charge is -2.32. The van der Waals surface area contributed by atoms with Crippen molar-refractivity contribution in [2.75, 3.05) is 26.3 Å². The summed E-state index contributed by atoms with van der Waals surface area (Å²) in [6.07, 6.45) is 1.28. The number of benzene rings is 1. The Labute approximate surface area is 164 Å². The number of morpholine rings is 1. The number of hydrogen-bond acceptors (Lipinski definition) is 6. The maximum absolute atomic E-state index is 12.2. The molecule has 0 unspecified atom stereocenters. The van der Waals surface area contributed by atoms with Gasteiger partial charge in [0.2, 0.25) is 11.2 Å². The molecular formula is C21H26N2O5. The van der Waals surface area contributed by atoms with Gasteiger partial charge in [-0.1, -0.05) is 30.3 Å². The lowest BCUT2D eigenvalue weighted by molar-refractivity contribution is -0.123. The van der Waals surface area contributed by atoms with E-state index >= 15 is 0 Å². The molecule has 7 nitrogen and oxygen atoms in total. The third-order valence-corrected chi connectivity index (χ3v) is 4.36. The minimum atomic E-state index is -0.300. The van der Waals surface area contributed by atoms with Crippen LogP contribution >= 0.6 is 0 Å². The van der Waals surface area contributed by atoms with Gasteiger partial charge >= 0.3 is 0 Å². The first kappa shape index (κ1) is 20.1. The molecule has 1 atom stereocenters. The number of nitrogens with one attached hydrogen (secondary N) is 1. The maximum Gasteiger partial charge on any atom is 0.258 e. The Morgan fingerprint density at radius 2 is 2.11 bits per heavy atom. The molecule has 1 N–H and O–H groups in total. The van der Waals surface area contributed by atoms with Crippen LogP contribution in [0.2, 0.25) is 0 Å². The summed E-state index contributed by atoms with van der Waals surface area (Å²) in [6, 6.07) is 11.5. The van der Waals surface area contributed by atoms with Gasteiger partial charge in [0.25, 0.3) is 5.91 Å². The highest BCUT2D eigenvalue weighted by atomic mass is 16.5. The Bertz CT molecular complexity index is 834. The van der Waals surface area contributed by atoms with Crippen LogP contribution in [0, 0.1) is 0 Å². The molecule has 0 radical (unpaired) electrons. The molecular weight excluding hydrogens is 360 g/mol. The molecule has 3 rings (SSSR count). The van der Waals surface area contributed by atoms with E-state index in [0.29, 0.717) is 18.9 Å². The fourth-order valence-corrected chi connectivity index (χ4v) is 3.07. The van der Waals surface area contributed by atoms with Crippen molar-refractivity contribution in [1.29, 1.82) is 0 Å². The average Bonchev–Trinajstić information content (AvgIpc) is 2.68. The number of nitrogens with zero attached hydrogens (tertiary/aromatic N) is 1. The van der Waals surface area contributed by atoms with Gasteiger partial charge in [-0.25, -0.2) is 0 Å². The van der Waals surface area contributed by atoms with Gasteiger partial charge in [0, 0.05) is 25.2 Å². The Balaban J connectivity index is 1.56. The van der Waals surface area contributed by atoms with E-state index < -0.39 is 0 Å². The van der Waals surface area contributed by atoms with E-state index in [1.807, 2.05) is 32.0 Å². The predicted octanol–water partition coefficient (Wildman–Crippen LogP) is 2.12. The number of ether oxygens (including phenoxy) is 2. The summed E-state index contributed by atoms with van der Waals surface area (Å²) in [5.74, 6) is 0.309. The third kappa shape index (κ3) is 5.68. The van der Waals surface area contributed by atoms with Crippen LogP contribution < -0.4 is 15.5 Å². The van der Waals surface area contributed by atoms with Crippen LogP contribution in [-0.4, -0.2) is 43.2 Å². The van der Waals surface area contributed by atoms with Crippen molar-refractivity contribution in [3.05, 3.63) is 64.2 Å². The topological polar surface area (TPSA) is 81.0 Å². The summed E-state index contributed by atoms with van der Waals surface area (Å²) in [7, 11) is 0. The largest absolute Gasteiger partial charge is 0.477 e. The van der Waals surface area contributed by atoms with E-state index in [9.17, 15) is 9.59 Å². The number of carbonyl (C=O) groups is 1. The molecule has 1 aromatic heterocycles. The van der Waals surface area contributed by atoms with Crippen LogP contribution in [0.4, 0.5) is 0 Å². The first-order valence-electron chi connectivity index (χ1n) is 9.44. The normalized spacial score (nSPS) is 17.5. The molecule has 150 valence electrons. The highest BCUT2D eigenvalue weighted by Gasteiger charge is 2.22. The molecule has 7 heteroatoms. The van der Waals surface area contributed by atoms with E-state index in [2.05, 4.69) is 22.3 Å². The highest BCUT2D eigenvalue weighted by Crippen LogP contribution is 2.23. The van der Waals surface area contributed by atoms with Crippen LogP contribution in [0.1, 0.15) is 31.3 Å². The molecule has 0 bridgehead atoms. The van der Waals surface area contributed by atoms with Crippen LogP contribution in [0.3, 0.4) is 0 Å².